The molecule has 16 heavy (non-hydrogen) atoms. The molecule has 0 spiro atoms. The highest BCUT2D eigenvalue weighted by Crippen LogP contribution is 2.21. The summed E-state index contributed by atoms with van der Waals surface area (Å²) in [6.07, 6.45) is -0.634. The minimum Gasteiger partial charge on any atom is -0.453 e. The number of ether oxygens (including phenoxy) is 1. The van der Waals surface area contributed by atoms with Crippen LogP contribution in [0.3, 0.4) is 0 Å². The first-order valence-electron chi connectivity index (χ1n) is 4.21. The van der Waals surface area contributed by atoms with Gasteiger partial charge in [0, 0.05) is 10.0 Å². The van der Waals surface area contributed by atoms with Gasteiger partial charge in [-0.2, -0.15) is 0 Å². The summed E-state index contributed by atoms with van der Waals surface area (Å²) in [5.74, 6) is -0.0982. The Kier molecular flexibility index (Phi) is 4.12. The number of nitrogens with zero attached hydrogens (tertiary/aromatic N) is 1. The van der Waals surface area contributed by atoms with Crippen molar-refractivity contribution >= 4 is 33.5 Å². The average molecular weight is 288 g/mol. The van der Waals surface area contributed by atoms with Gasteiger partial charge in [0.1, 0.15) is 0 Å². The fourth-order valence-corrected chi connectivity index (χ4v) is 1.42. The Morgan fingerprint density at radius 1 is 1.62 bits per heavy atom. The zero-order valence-electron chi connectivity index (χ0n) is 8.40. The molecule has 0 aliphatic heterocycles. The van der Waals surface area contributed by atoms with Crippen LogP contribution in [-0.4, -0.2) is 24.2 Å². The molecule has 0 aromatic heterocycles. The van der Waals surface area contributed by atoms with E-state index in [4.69, 9.17) is 10.9 Å². The smallest absolute Gasteiger partial charge is 0.411 e. The van der Waals surface area contributed by atoms with Crippen molar-refractivity contribution in [2.24, 2.45) is 10.9 Å². The van der Waals surface area contributed by atoms with Crippen LogP contribution in [0.4, 0.5) is 10.5 Å². The van der Waals surface area contributed by atoms with E-state index in [1.807, 2.05) is 0 Å². The molecule has 0 atom stereocenters. The number of halogens is 1. The fourth-order valence-electron chi connectivity index (χ4n) is 1.06. The molecule has 0 saturated carbocycles. The van der Waals surface area contributed by atoms with Crippen molar-refractivity contribution in [2.75, 3.05) is 12.4 Å². The highest BCUT2D eigenvalue weighted by molar-refractivity contribution is 9.10. The number of hydrogen-bond donors (Lipinski definition) is 3. The van der Waals surface area contributed by atoms with Gasteiger partial charge in [0.25, 0.3) is 0 Å². The van der Waals surface area contributed by atoms with E-state index in [9.17, 15) is 4.79 Å². The van der Waals surface area contributed by atoms with Crippen LogP contribution in [0.25, 0.3) is 0 Å². The first-order valence-corrected chi connectivity index (χ1v) is 5.00. The second-order valence-electron chi connectivity index (χ2n) is 2.79. The van der Waals surface area contributed by atoms with E-state index in [0.29, 0.717) is 11.3 Å². The number of carbonyl (C=O) groups is 1. The Bertz CT molecular complexity index is 434. The maximum absolute atomic E-state index is 11.1. The van der Waals surface area contributed by atoms with Gasteiger partial charge >= 0.3 is 6.09 Å². The largest absolute Gasteiger partial charge is 0.453 e. The van der Waals surface area contributed by atoms with Gasteiger partial charge in [-0.1, -0.05) is 21.1 Å². The highest BCUT2D eigenvalue weighted by Gasteiger charge is 2.10. The summed E-state index contributed by atoms with van der Waals surface area (Å²) in [7, 11) is 1.25. The number of methoxy groups -OCH3 is 1. The van der Waals surface area contributed by atoms with Crippen LogP contribution in [0.5, 0.6) is 0 Å². The maximum Gasteiger partial charge on any atom is 0.411 e. The molecule has 6 nitrogen and oxygen atoms in total. The number of amidine groups is 1. The third-order valence-corrected chi connectivity index (χ3v) is 2.28. The Morgan fingerprint density at radius 3 is 2.88 bits per heavy atom. The molecule has 4 N–H and O–H groups in total. The van der Waals surface area contributed by atoms with Gasteiger partial charge in [-0.05, 0) is 18.2 Å². The summed E-state index contributed by atoms with van der Waals surface area (Å²) in [6.45, 7) is 0. The molecule has 0 unspecified atom stereocenters. The van der Waals surface area contributed by atoms with Gasteiger partial charge in [0.15, 0.2) is 5.84 Å². The number of hydrogen-bond acceptors (Lipinski definition) is 4. The number of benzene rings is 1. The lowest BCUT2D eigenvalue weighted by atomic mass is 10.1. The lowest BCUT2D eigenvalue weighted by Crippen LogP contribution is -2.19. The summed E-state index contributed by atoms with van der Waals surface area (Å²) in [4.78, 5) is 11.1. The van der Waals surface area contributed by atoms with Crippen LogP contribution in [0.1, 0.15) is 5.56 Å². The van der Waals surface area contributed by atoms with Gasteiger partial charge in [0.2, 0.25) is 0 Å². The first-order chi connectivity index (χ1) is 7.58. The van der Waals surface area contributed by atoms with Crippen LogP contribution < -0.4 is 11.1 Å². The predicted molar refractivity (Wildman–Crippen MR) is 62.7 cm³/mol. The molecule has 0 bridgehead atoms. The maximum atomic E-state index is 11.1. The Hall–Kier alpha value is -1.76. The molecule has 1 aromatic rings. The van der Waals surface area contributed by atoms with Gasteiger partial charge in [-0.25, -0.2) is 4.79 Å². The second-order valence-corrected chi connectivity index (χ2v) is 3.71. The molecular weight excluding hydrogens is 278 g/mol. The minimum absolute atomic E-state index is 0.0982. The monoisotopic (exact) mass is 287 g/mol. The van der Waals surface area contributed by atoms with E-state index in [2.05, 4.69) is 31.1 Å². The zero-order valence-corrected chi connectivity index (χ0v) is 9.98. The first kappa shape index (κ1) is 12.3. The number of amides is 1. The van der Waals surface area contributed by atoms with Crippen molar-refractivity contribution in [1.29, 1.82) is 0 Å². The van der Waals surface area contributed by atoms with Crippen molar-refractivity contribution in [1.82, 2.24) is 0 Å². The molecule has 0 heterocycles. The Balaban J connectivity index is 3.13. The van der Waals surface area contributed by atoms with Crippen molar-refractivity contribution in [3.05, 3.63) is 28.2 Å². The second kappa shape index (κ2) is 5.36. The molecule has 0 saturated heterocycles. The van der Waals surface area contributed by atoms with E-state index in [-0.39, 0.29) is 5.84 Å². The zero-order chi connectivity index (χ0) is 12.1. The summed E-state index contributed by atoms with van der Waals surface area (Å²) in [5, 5.41) is 13.9. The molecule has 0 radical (unpaired) electrons. The van der Waals surface area contributed by atoms with Crippen LogP contribution in [0.15, 0.2) is 27.8 Å². The molecule has 0 fully saturated rings. The Labute approximate surface area is 100 Å². The third kappa shape index (κ3) is 2.86. The van der Waals surface area contributed by atoms with Gasteiger partial charge < -0.3 is 15.7 Å². The summed E-state index contributed by atoms with van der Waals surface area (Å²) in [6, 6.07) is 4.92. The molecule has 7 heteroatoms. The van der Waals surface area contributed by atoms with Crippen molar-refractivity contribution in [2.45, 2.75) is 0 Å². The lowest BCUT2D eigenvalue weighted by molar-refractivity contribution is 0.187. The molecule has 0 aliphatic rings. The molecule has 1 rings (SSSR count). The van der Waals surface area contributed by atoms with Crippen LogP contribution in [0, 0.1) is 0 Å². The fraction of sp³-hybridized carbons (Fsp3) is 0.111. The normalized spacial score (nSPS) is 11.0. The number of carbonyl (C=O) groups excluding carboxylic acids is 1. The number of anilines is 1. The number of oxime groups is 1. The number of nitrogens with two attached hydrogens (primary N) is 1. The quantitative estimate of drug-likeness (QED) is 0.334. The van der Waals surface area contributed by atoms with Crippen LogP contribution >= 0.6 is 15.9 Å². The average Bonchev–Trinajstić information content (AvgIpc) is 2.28. The molecular formula is C9H10BrN3O3. The predicted octanol–water partition coefficient (Wildman–Crippen LogP) is 1.72. The van der Waals surface area contributed by atoms with Gasteiger partial charge in [-0.3, -0.25) is 5.32 Å². The van der Waals surface area contributed by atoms with E-state index < -0.39 is 6.09 Å². The standard InChI is InChI=1S/C9H10BrN3O3/c1-16-9(14)12-7-4-5(10)2-3-6(7)8(11)13-15/h2-4,15H,1H3,(H2,11,13)(H,12,14). The molecule has 86 valence electrons. The van der Waals surface area contributed by atoms with Crippen LogP contribution in [-0.2, 0) is 4.74 Å². The number of rotatable bonds is 2. The van der Waals surface area contributed by atoms with Gasteiger partial charge in [-0.15, -0.1) is 0 Å². The van der Waals surface area contributed by atoms with E-state index in [1.165, 1.54) is 7.11 Å². The van der Waals surface area contributed by atoms with Crippen LogP contribution in [0.2, 0.25) is 0 Å². The molecule has 0 aliphatic carbocycles. The SMILES string of the molecule is COC(=O)Nc1cc(Br)ccc1/C(N)=N/O. The topological polar surface area (TPSA) is 96.9 Å². The van der Waals surface area contributed by atoms with Crippen molar-refractivity contribution in [3.63, 3.8) is 0 Å². The van der Waals surface area contributed by atoms with E-state index in [1.54, 1.807) is 18.2 Å². The third-order valence-electron chi connectivity index (χ3n) is 1.79. The van der Waals surface area contributed by atoms with E-state index >= 15 is 0 Å². The summed E-state index contributed by atoms with van der Waals surface area (Å²) >= 11 is 3.24. The highest BCUT2D eigenvalue weighted by atomic mass is 79.9. The van der Waals surface area contributed by atoms with Crippen molar-refractivity contribution < 1.29 is 14.7 Å². The van der Waals surface area contributed by atoms with Crippen molar-refractivity contribution in [3.8, 4) is 0 Å². The lowest BCUT2D eigenvalue weighted by Gasteiger charge is -2.09. The summed E-state index contributed by atoms with van der Waals surface area (Å²) in [5.41, 5.74) is 6.24. The molecule has 1 aromatic carbocycles. The van der Waals surface area contributed by atoms with E-state index in [0.717, 1.165) is 4.47 Å². The summed E-state index contributed by atoms with van der Waals surface area (Å²) < 4.78 is 5.20. The Morgan fingerprint density at radius 2 is 2.31 bits per heavy atom. The van der Waals surface area contributed by atoms with Gasteiger partial charge in [0.05, 0.1) is 12.8 Å². The minimum atomic E-state index is -0.634. The molecule has 1 amide bonds. The number of nitrogens with one attached hydrogen (secondary N) is 1.